The smallest absolute Gasteiger partial charge is 0.308 e. The molecule has 2 unspecified atom stereocenters. The molecule has 1 saturated carbocycles. The maximum absolute atomic E-state index is 12.0. The Bertz CT molecular complexity index is 299. The van der Waals surface area contributed by atoms with Crippen molar-refractivity contribution in [1.82, 2.24) is 5.32 Å². The van der Waals surface area contributed by atoms with Gasteiger partial charge in [-0.3, -0.25) is 9.59 Å². The highest BCUT2D eigenvalue weighted by Gasteiger charge is 2.35. The van der Waals surface area contributed by atoms with Crippen molar-refractivity contribution in [3.05, 3.63) is 0 Å². The summed E-state index contributed by atoms with van der Waals surface area (Å²) in [4.78, 5) is 23.0. The Hall–Kier alpha value is -1.10. The van der Waals surface area contributed by atoms with E-state index in [1.54, 1.807) is 0 Å². The Kier molecular flexibility index (Phi) is 3.99. The summed E-state index contributed by atoms with van der Waals surface area (Å²) in [6.45, 7) is 1.26. The van der Waals surface area contributed by atoms with Crippen molar-refractivity contribution in [2.24, 2.45) is 11.8 Å². The van der Waals surface area contributed by atoms with Crippen LogP contribution >= 0.6 is 0 Å². The number of carbonyl (C=O) groups is 2. The van der Waals surface area contributed by atoms with E-state index in [2.05, 4.69) is 5.32 Å². The van der Waals surface area contributed by atoms with Gasteiger partial charge < -0.3 is 15.2 Å². The van der Waals surface area contributed by atoms with Crippen LogP contribution in [0.4, 0.5) is 0 Å². The Morgan fingerprint density at radius 3 is 2.47 bits per heavy atom. The predicted molar refractivity (Wildman–Crippen MR) is 60.5 cm³/mol. The molecule has 1 heterocycles. The van der Waals surface area contributed by atoms with Gasteiger partial charge in [-0.15, -0.1) is 0 Å². The number of carboxylic acids is 1. The van der Waals surface area contributed by atoms with Gasteiger partial charge in [0.1, 0.15) is 0 Å². The largest absolute Gasteiger partial charge is 0.481 e. The molecule has 0 bridgehead atoms. The van der Waals surface area contributed by atoms with E-state index >= 15 is 0 Å². The fourth-order valence-corrected chi connectivity index (χ4v) is 2.69. The van der Waals surface area contributed by atoms with Crippen LogP contribution in [0.1, 0.15) is 32.1 Å². The summed E-state index contributed by atoms with van der Waals surface area (Å²) in [5, 5.41) is 11.9. The Balaban J connectivity index is 1.86. The van der Waals surface area contributed by atoms with Crippen molar-refractivity contribution in [1.29, 1.82) is 0 Å². The molecule has 0 spiro atoms. The first-order valence-electron chi connectivity index (χ1n) is 6.29. The second kappa shape index (κ2) is 5.49. The molecule has 0 radical (unpaired) electrons. The van der Waals surface area contributed by atoms with Crippen molar-refractivity contribution in [2.75, 3.05) is 13.2 Å². The lowest BCUT2D eigenvalue weighted by atomic mass is 9.97. The molecule has 1 amide bonds. The summed E-state index contributed by atoms with van der Waals surface area (Å²) in [5.41, 5.74) is 0. The normalized spacial score (nSPS) is 30.1. The van der Waals surface area contributed by atoms with E-state index in [-0.39, 0.29) is 17.9 Å². The first-order chi connectivity index (χ1) is 8.18. The second-order valence-corrected chi connectivity index (χ2v) is 4.88. The summed E-state index contributed by atoms with van der Waals surface area (Å²) in [5.74, 6) is -1.19. The number of carboxylic acid groups (broad SMARTS) is 1. The van der Waals surface area contributed by atoms with E-state index in [1.165, 1.54) is 0 Å². The minimum atomic E-state index is -0.792. The van der Waals surface area contributed by atoms with Crippen LogP contribution in [0.3, 0.4) is 0 Å². The monoisotopic (exact) mass is 241 g/mol. The standard InChI is InChI=1S/C12H19NO4/c14-11(8-4-6-17-7-5-8)13-10-3-1-2-9(10)12(15)16/h8-10H,1-7H2,(H,13,14)(H,15,16). The van der Waals surface area contributed by atoms with Crippen molar-refractivity contribution in [3.63, 3.8) is 0 Å². The summed E-state index contributed by atoms with van der Waals surface area (Å²) < 4.78 is 5.21. The average Bonchev–Trinajstić information content (AvgIpc) is 2.78. The molecule has 5 nitrogen and oxygen atoms in total. The lowest BCUT2D eigenvalue weighted by Gasteiger charge is -2.24. The molecule has 0 aromatic heterocycles. The van der Waals surface area contributed by atoms with Crippen molar-refractivity contribution < 1.29 is 19.4 Å². The molecule has 17 heavy (non-hydrogen) atoms. The zero-order valence-electron chi connectivity index (χ0n) is 9.85. The zero-order chi connectivity index (χ0) is 12.3. The van der Waals surface area contributed by atoms with Crippen LogP contribution in [0, 0.1) is 11.8 Å². The molecule has 2 N–H and O–H groups in total. The highest BCUT2D eigenvalue weighted by Crippen LogP contribution is 2.26. The Morgan fingerprint density at radius 2 is 1.82 bits per heavy atom. The fraction of sp³-hybridized carbons (Fsp3) is 0.833. The van der Waals surface area contributed by atoms with Crippen molar-refractivity contribution in [3.8, 4) is 0 Å². The number of hydrogen-bond donors (Lipinski definition) is 2. The molecule has 1 saturated heterocycles. The van der Waals surface area contributed by atoms with Crippen LogP contribution < -0.4 is 5.32 Å². The number of ether oxygens (including phenoxy) is 1. The summed E-state index contributed by atoms with van der Waals surface area (Å²) >= 11 is 0. The number of carbonyl (C=O) groups excluding carboxylic acids is 1. The van der Waals surface area contributed by atoms with Crippen LogP contribution in [0.5, 0.6) is 0 Å². The van der Waals surface area contributed by atoms with E-state index in [1.807, 2.05) is 0 Å². The number of hydrogen-bond acceptors (Lipinski definition) is 3. The van der Waals surface area contributed by atoms with Gasteiger partial charge in [-0.25, -0.2) is 0 Å². The Labute approximate surface area is 101 Å². The molecule has 96 valence electrons. The summed E-state index contributed by atoms with van der Waals surface area (Å²) in [7, 11) is 0. The molecule has 5 heteroatoms. The molecule has 1 aliphatic carbocycles. The van der Waals surface area contributed by atoms with E-state index in [9.17, 15) is 9.59 Å². The lowest BCUT2D eigenvalue weighted by Crippen LogP contribution is -2.44. The lowest BCUT2D eigenvalue weighted by molar-refractivity contribution is -0.142. The molecule has 0 aromatic carbocycles. The van der Waals surface area contributed by atoms with Gasteiger partial charge in [0, 0.05) is 25.2 Å². The maximum Gasteiger partial charge on any atom is 0.308 e. The minimum absolute atomic E-state index is 0.00112. The molecule has 2 aliphatic rings. The fourth-order valence-electron chi connectivity index (χ4n) is 2.69. The quantitative estimate of drug-likeness (QED) is 0.765. The van der Waals surface area contributed by atoms with Gasteiger partial charge in [-0.1, -0.05) is 6.42 Å². The highest BCUT2D eigenvalue weighted by molar-refractivity contribution is 5.80. The van der Waals surface area contributed by atoms with E-state index in [0.29, 0.717) is 19.6 Å². The third-order valence-corrected chi connectivity index (χ3v) is 3.75. The van der Waals surface area contributed by atoms with Gasteiger partial charge in [0.15, 0.2) is 0 Å². The summed E-state index contributed by atoms with van der Waals surface area (Å²) in [6, 6.07) is -0.178. The third-order valence-electron chi connectivity index (χ3n) is 3.75. The van der Waals surface area contributed by atoms with E-state index in [4.69, 9.17) is 9.84 Å². The van der Waals surface area contributed by atoms with Gasteiger partial charge in [0.25, 0.3) is 0 Å². The Morgan fingerprint density at radius 1 is 1.12 bits per heavy atom. The molecular weight excluding hydrogens is 222 g/mol. The molecule has 0 aromatic rings. The molecule has 2 fully saturated rings. The highest BCUT2D eigenvalue weighted by atomic mass is 16.5. The number of amides is 1. The molecule has 2 atom stereocenters. The number of aliphatic carboxylic acids is 1. The number of nitrogens with one attached hydrogen (secondary N) is 1. The van der Waals surface area contributed by atoms with Crippen LogP contribution in [0.2, 0.25) is 0 Å². The van der Waals surface area contributed by atoms with Crippen molar-refractivity contribution in [2.45, 2.75) is 38.1 Å². The second-order valence-electron chi connectivity index (χ2n) is 4.88. The van der Waals surface area contributed by atoms with Crippen LogP contribution in [0.25, 0.3) is 0 Å². The minimum Gasteiger partial charge on any atom is -0.481 e. The first-order valence-corrected chi connectivity index (χ1v) is 6.29. The van der Waals surface area contributed by atoms with Gasteiger partial charge in [-0.05, 0) is 25.7 Å². The van der Waals surface area contributed by atoms with Gasteiger partial charge in [0.05, 0.1) is 5.92 Å². The molecular formula is C12H19NO4. The topological polar surface area (TPSA) is 75.6 Å². The van der Waals surface area contributed by atoms with Gasteiger partial charge >= 0.3 is 5.97 Å². The predicted octanol–water partition coefficient (Wildman–Crippen LogP) is 0.782. The SMILES string of the molecule is O=C(NC1CCCC1C(=O)O)C1CCOCC1. The van der Waals surface area contributed by atoms with Crippen LogP contribution in [-0.2, 0) is 14.3 Å². The van der Waals surface area contributed by atoms with Crippen molar-refractivity contribution >= 4 is 11.9 Å². The zero-order valence-corrected chi connectivity index (χ0v) is 9.85. The molecule has 1 aliphatic heterocycles. The first kappa shape index (κ1) is 12.4. The average molecular weight is 241 g/mol. The maximum atomic E-state index is 12.0. The van der Waals surface area contributed by atoms with E-state index in [0.717, 1.165) is 25.7 Å². The van der Waals surface area contributed by atoms with Crippen LogP contribution in [0.15, 0.2) is 0 Å². The van der Waals surface area contributed by atoms with Gasteiger partial charge in [0.2, 0.25) is 5.91 Å². The van der Waals surface area contributed by atoms with Gasteiger partial charge in [-0.2, -0.15) is 0 Å². The van der Waals surface area contributed by atoms with Crippen LogP contribution in [-0.4, -0.2) is 36.2 Å². The van der Waals surface area contributed by atoms with E-state index < -0.39 is 11.9 Å². The third kappa shape index (κ3) is 2.97. The number of rotatable bonds is 3. The summed E-state index contributed by atoms with van der Waals surface area (Å²) in [6.07, 6.45) is 3.84. The molecule has 2 rings (SSSR count).